The lowest BCUT2D eigenvalue weighted by molar-refractivity contribution is 0.828. The molecule has 0 aromatic heterocycles. The number of nitrogens with two attached hydrogens (primary N) is 1. The molecule has 0 aliphatic heterocycles. The molecule has 0 radical (unpaired) electrons. The first-order chi connectivity index (χ1) is 15.2. The van der Waals surface area contributed by atoms with Crippen molar-refractivity contribution in [1.82, 2.24) is 0 Å². The molecule has 2 N–H and O–H groups in total. The highest BCUT2D eigenvalue weighted by Gasteiger charge is 2.21. The van der Waals surface area contributed by atoms with Crippen LogP contribution in [0.3, 0.4) is 0 Å². The number of aryl methyl sites for hydroxylation is 1. The first kappa shape index (κ1) is 18.6. The minimum Gasteiger partial charge on any atom is -0.324 e. The highest BCUT2D eigenvalue weighted by Crippen LogP contribution is 2.41. The van der Waals surface area contributed by atoms with Crippen molar-refractivity contribution in [3.8, 4) is 11.1 Å². The van der Waals surface area contributed by atoms with Crippen LogP contribution in [0.2, 0.25) is 0 Å². The molecule has 31 heavy (non-hydrogen) atoms. The molecule has 6 rings (SSSR count). The number of hydrogen-bond acceptors (Lipinski definition) is 1. The van der Waals surface area contributed by atoms with Crippen molar-refractivity contribution < 1.29 is 0 Å². The Balaban J connectivity index is 1.53. The molecule has 0 bridgehead atoms. The Bertz CT molecular complexity index is 1400. The third-order valence-electron chi connectivity index (χ3n) is 7.11. The monoisotopic (exact) mass is 401 g/mol. The highest BCUT2D eigenvalue weighted by molar-refractivity contribution is 5.98. The lowest BCUT2D eigenvalue weighted by atomic mass is 9.79. The van der Waals surface area contributed by atoms with E-state index in [-0.39, 0.29) is 6.04 Å². The van der Waals surface area contributed by atoms with Gasteiger partial charge in [0.1, 0.15) is 0 Å². The second-order valence-electron chi connectivity index (χ2n) is 9.02. The molecular formula is C30H27N. The molecule has 1 atom stereocenters. The van der Waals surface area contributed by atoms with E-state index in [2.05, 4.69) is 85.8 Å². The van der Waals surface area contributed by atoms with Crippen LogP contribution in [-0.4, -0.2) is 0 Å². The Labute approximate surface area is 183 Å². The van der Waals surface area contributed by atoms with Crippen molar-refractivity contribution in [2.75, 3.05) is 0 Å². The van der Waals surface area contributed by atoms with E-state index in [1.165, 1.54) is 74.2 Å². The van der Waals surface area contributed by atoms with Crippen LogP contribution < -0.4 is 5.73 Å². The summed E-state index contributed by atoms with van der Waals surface area (Å²) >= 11 is 0. The van der Waals surface area contributed by atoms with Crippen LogP contribution in [0.1, 0.15) is 48.9 Å². The number of fused-ring (bicyclic) bond motifs is 5. The molecular weight excluding hydrogens is 374 g/mol. The minimum atomic E-state index is -0.0243. The summed E-state index contributed by atoms with van der Waals surface area (Å²) in [4.78, 5) is 0. The third-order valence-corrected chi connectivity index (χ3v) is 7.11. The van der Waals surface area contributed by atoms with Gasteiger partial charge in [0.15, 0.2) is 0 Å². The number of benzene rings is 4. The summed E-state index contributed by atoms with van der Waals surface area (Å²) in [5.41, 5.74) is 16.3. The summed E-state index contributed by atoms with van der Waals surface area (Å²) in [6, 6.07) is 24.6. The first-order valence-electron chi connectivity index (χ1n) is 11.4. The number of hydrogen-bond donors (Lipinski definition) is 1. The van der Waals surface area contributed by atoms with Crippen molar-refractivity contribution in [2.24, 2.45) is 5.73 Å². The van der Waals surface area contributed by atoms with Gasteiger partial charge in [-0.3, -0.25) is 0 Å². The molecule has 1 unspecified atom stereocenters. The van der Waals surface area contributed by atoms with Gasteiger partial charge >= 0.3 is 0 Å². The second-order valence-corrected chi connectivity index (χ2v) is 9.02. The van der Waals surface area contributed by atoms with Crippen molar-refractivity contribution in [1.29, 1.82) is 0 Å². The molecule has 0 amide bonds. The molecule has 4 aromatic carbocycles. The van der Waals surface area contributed by atoms with Crippen LogP contribution in [0.15, 0.2) is 84.5 Å². The maximum atomic E-state index is 6.47. The highest BCUT2D eigenvalue weighted by atomic mass is 14.6. The van der Waals surface area contributed by atoms with Gasteiger partial charge in [0.2, 0.25) is 0 Å². The molecule has 0 saturated heterocycles. The van der Waals surface area contributed by atoms with Gasteiger partial charge in [0.25, 0.3) is 0 Å². The summed E-state index contributed by atoms with van der Waals surface area (Å²) in [5.74, 6) is 0. The van der Waals surface area contributed by atoms with E-state index in [4.69, 9.17) is 5.73 Å². The zero-order valence-corrected chi connectivity index (χ0v) is 18.0. The van der Waals surface area contributed by atoms with Crippen molar-refractivity contribution in [3.05, 3.63) is 101 Å². The van der Waals surface area contributed by atoms with Crippen LogP contribution in [-0.2, 0) is 6.42 Å². The lowest BCUT2D eigenvalue weighted by Gasteiger charge is -2.25. The zero-order chi connectivity index (χ0) is 20.9. The lowest BCUT2D eigenvalue weighted by Crippen LogP contribution is -2.08. The van der Waals surface area contributed by atoms with Crippen molar-refractivity contribution >= 4 is 27.1 Å². The van der Waals surface area contributed by atoms with Gasteiger partial charge in [0.05, 0.1) is 0 Å². The van der Waals surface area contributed by atoms with Crippen LogP contribution in [0.4, 0.5) is 0 Å². The quantitative estimate of drug-likeness (QED) is 0.365. The average Bonchev–Trinajstić information content (AvgIpc) is 2.82. The standard InChI is InChI=1S/C30H27N/c1-19(31)30-26-9-5-3-7-21(26)10-15-27(30)23-12-14-25-22(18-23)13-17-28-24-8-4-2-6-20(24)11-16-29(25)28/h3-5,7-10,12-15,17-19H,2,6,11,16,31H2,1H3. The van der Waals surface area contributed by atoms with Gasteiger partial charge in [-0.15, -0.1) is 0 Å². The summed E-state index contributed by atoms with van der Waals surface area (Å²) in [5, 5.41) is 5.22. The predicted octanol–water partition coefficient (Wildman–Crippen LogP) is 7.73. The predicted molar refractivity (Wildman–Crippen MR) is 133 cm³/mol. The molecule has 1 heteroatoms. The Morgan fingerprint density at radius 1 is 0.774 bits per heavy atom. The van der Waals surface area contributed by atoms with Crippen LogP contribution in [0.5, 0.6) is 0 Å². The maximum absolute atomic E-state index is 6.47. The zero-order valence-electron chi connectivity index (χ0n) is 18.0. The summed E-state index contributed by atoms with van der Waals surface area (Å²) in [7, 11) is 0. The van der Waals surface area contributed by atoms with Gasteiger partial charge in [-0.25, -0.2) is 0 Å². The van der Waals surface area contributed by atoms with Crippen molar-refractivity contribution in [2.45, 2.75) is 38.6 Å². The Kier molecular flexibility index (Phi) is 4.33. The van der Waals surface area contributed by atoms with Crippen LogP contribution in [0.25, 0.3) is 38.2 Å². The molecule has 2 aliphatic rings. The summed E-state index contributed by atoms with van der Waals surface area (Å²) in [6.45, 7) is 2.09. The summed E-state index contributed by atoms with van der Waals surface area (Å²) < 4.78 is 0. The van der Waals surface area contributed by atoms with Crippen LogP contribution in [0, 0.1) is 0 Å². The number of rotatable bonds is 2. The van der Waals surface area contributed by atoms with E-state index in [0.29, 0.717) is 0 Å². The third kappa shape index (κ3) is 2.96. The average molecular weight is 402 g/mol. The fourth-order valence-electron chi connectivity index (χ4n) is 5.65. The molecule has 0 heterocycles. The van der Waals surface area contributed by atoms with Crippen molar-refractivity contribution in [3.63, 3.8) is 0 Å². The van der Waals surface area contributed by atoms with Gasteiger partial charge in [0, 0.05) is 6.04 Å². The molecule has 4 aromatic rings. The van der Waals surface area contributed by atoms with Gasteiger partial charge in [-0.05, 0) is 93.6 Å². The topological polar surface area (TPSA) is 26.0 Å². The first-order valence-corrected chi connectivity index (χ1v) is 11.4. The maximum Gasteiger partial charge on any atom is 0.0278 e. The van der Waals surface area contributed by atoms with Gasteiger partial charge in [-0.2, -0.15) is 0 Å². The van der Waals surface area contributed by atoms with E-state index in [9.17, 15) is 0 Å². The van der Waals surface area contributed by atoms with E-state index in [1.807, 2.05) is 0 Å². The fourth-order valence-corrected chi connectivity index (χ4v) is 5.65. The second kappa shape index (κ2) is 7.21. The molecule has 2 aliphatic carbocycles. The van der Waals surface area contributed by atoms with E-state index in [0.717, 1.165) is 6.42 Å². The van der Waals surface area contributed by atoms with Gasteiger partial charge < -0.3 is 5.73 Å². The largest absolute Gasteiger partial charge is 0.324 e. The Morgan fingerprint density at radius 2 is 1.61 bits per heavy atom. The van der Waals surface area contributed by atoms with E-state index < -0.39 is 0 Å². The normalized spacial score (nSPS) is 16.5. The fraction of sp³-hybridized carbons (Fsp3) is 0.200. The molecule has 152 valence electrons. The molecule has 0 saturated carbocycles. The molecule has 1 nitrogen and oxygen atoms in total. The molecule has 0 fully saturated rings. The minimum absolute atomic E-state index is 0.0243. The molecule has 0 spiro atoms. The summed E-state index contributed by atoms with van der Waals surface area (Å²) in [6.07, 6.45) is 9.45. The Hall–Kier alpha value is -3.16. The van der Waals surface area contributed by atoms with E-state index in [1.54, 1.807) is 5.57 Å². The smallest absolute Gasteiger partial charge is 0.0278 e. The van der Waals surface area contributed by atoms with Gasteiger partial charge in [-0.1, -0.05) is 78.4 Å². The SMILES string of the molecule is CC(N)c1c(-c2ccc3c4c(ccc3c2)C2=C(CCC=C2)CC4)ccc2ccccc12. The Morgan fingerprint density at radius 3 is 2.52 bits per heavy atom. The van der Waals surface area contributed by atoms with Crippen LogP contribution >= 0.6 is 0 Å². The van der Waals surface area contributed by atoms with E-state index >= 15 is 0 Å². The number of allylic oxidation sites excluding steroid dienone is 4.